The number of nitrogens with two attached hydrogens (primary N) is 1. The molecular formula is C12H20N4O3. The van der Waals surface area contributed by atoms with Crippen LogP contribution in [0.4, 0.5) is 11.6 Å². The molecule has 19 heavy (non-hydrogen) atoms. The van der Waals surface area contributed by atoms with Crippen molar-refractivity contribution in [3.8, 4) is 0 Å². The summed E-state index contributed by atoms with van der Waals surface area (Å²) in [5.41, 5.74) is 5.79. The molecule has 1 saturated heterocycles. The van der Waals surface area contributed by atoms with E-state index in [1.165, 1.54) is 0 Å². The second-order valence-corrected chi connectivity index (χ2v) is 4.64. The van der Waals surface area contributed by atoms with Gasteiger partial charge >= 0.3 is 0 Å². The second kappa shape index (κ2) is 6.14. The molecule has 3 N–H and O–H groups in total. The Hall–Kier alpha value is -1.44. The Bertz CT molecular complexity index is 429. The van der Waals surface area contributed by atoms with Crippen molar-refractivity contribution in [2.24, 2.45) is 0 Å². The number of aliphatic hydroxyl groups is 1. The number of methoxy groups -OCH3 is 1. The van der Waals surface area contributed by atoms with E-state index in [0.29, 0.717) is 31.4 Å². The lowest BCUT2D eigenvalue weighted by Gasteiger charge is -2.38. The Labute approximate surface area is 112 Å². The zero-order valence-electron chi connectivity index (χ0n) is 11.2. The SMILES string of the molecule is COCc1nc(N)cc(N2CC(CO)OCC2C)n1. The summed E-state index contributed by atoms with van der Waals surface area (Å²) in [5, 5.41) is 9.21. The van der Waals surface area contributed by atoms with Crippen LogP contribution >= 0.6 is 0 Å². The van der Waals surface area contributed by atoms with E-state index in [9.17, 15) is 5.11 Å². The largest absolute Gasteiger partial charge is 0.394 e. The van der Waals surface area contributed by atoms with Gasteiger partial charge in [-0.15, -0.1) is 0 Å². The quantitative estimate of drug-likeness (QED) is 0.780. The van der Waals surface area contributed by atoms with Crippen molar-refractivity contribution in [2.45, 2.75) is 25.7 Å². The molecule has 1 aliphatic rings. The second-order valence-electron chi connectivity index (χ2n) is 4.64. The van der Waals surface area contributed by atoms with Crippen molar-refractivity contribution in [3.63, 3.8) is 0 Å². The Balaban J connectivity index is 2.23. The summed E-state index contributed by atoms with van der Waals surface area (Å²) in [4.78, 5) is 10.6. The molecule has 0 amide bonds. The molecule has 106 valence electrons. The van der Waals surface area contributed by atoms with Gasteiger partial charge in [0.25, 0.3) is 0 Å². The first-order valence-corrected chi connectivity index (χ1v) is 6.25. The fourth-order valence-corrected chi connectivity index (χ4v) is 2.09. The van der Waals surface area contributed by atoms with Crippen LogP contribution in [0, 0.1) is 0 Å². The van der Waals surface area contributed by atoms with Crippen LogP contribution in [0.25, 0.3) is 0 Å². The summed E-state index contributed by atoms with van der Waals surface area (Å²) in [5.74, 6) is 1.71. The standard InChI is InChI=1S/C12H20N4O3/c1-8-6-19-9(5-17)4-16(8)12-3-10(13)14-11(15-12)7-18-2/h3,8-9,17H,4-7H2,1-2H3,(H2,13,14,15). The molecule has 0 bridgehead atoms. The van der Waals surface area contributed by atoms with Gasteiger partial charge in [0.15, 0.2) is 5.82 Å². The van der Waals surface area contributed by atoms with Crippen molar-refractivity contribution < 1.29 is 14.6 Å². The van der Waals surface area contributed by atoms with Gasteiger partial charge in [0.05, 0.1) is 25.4 Å². The first-order valence-electron chi connectivity index (χ1n) is 6.25. The number of aromatic nitrogens is 2. The summed E-state index contributed by atoms with van der Waals surface area (Å²) < 4.78 is 10.5. The number of rotatable bonds is 4. The van der Waals surface area contributed by atoms with Crippen molar-refractivity contribution in [1.82, 2.24) is 9.97 Å². The van der Waals surface area contributed by atoms with E-state index in [2.05, 4.69) is 14.9 Å². The number of nitrogens with zero attached hydrogens (tertiary/aromatic N) is 3. The molecule has 1 aliphatic heterocycles. The van der Waals surface area contributed by atoms with Crippen LogP contribution in [0.3, 0.4) is 0 Å². The third-order valence-electron chi connectivity index (χ3n) is 3.06. The summed E-state index contributed by atoms with van der Waals surface area (Å²) >= 11 is 0. The van der Waals surface area contributed by atoms with E-state index < -0.39 is 0 Å². The van der Waals surface area contributed by atoms with Crippen LogP contribution in [0.2, 0.25) is 0 Å². The highest BCUT2D eigenvalue weighted by Crippen LogP contribution is 2.21. The lowest BCUT2D eigenvalue weighted by molar-refractivity contribution is -0.0106. The molecular weight excluding hydrogens is 248 g/mol. The van der Waals surface area contributed by atoms with Crippen LogP contribution in [-0.2, 0) is 16.1 Å². The number of hydrogen-bond acceptors (Lipinski definition) is 7. The third kappa shape index (κ3) is 3.31. The molecule has 7 heteroatoms. The molecule has 1 aromatic heterocycles. The van der Waals surface area contributed by atoms with E-state index in [1.54, 1.807) is 13.2 Å². The number of aliphatic hydroxyl groups excluding tert-OH is 1. The van der Waals surface area contributed by atoms with E-state index in [1.807, 2.05) is 6.92 Å². The maximum absolute atomic E-state index is 9.21. The molecule has 2 heterocycles. The molecule has 0 radical (unpaired) electrons. The molecule has 0 aromatic carbocycles. The summed E-state index contributed by atoms with van der Waals surface area (Å²) in [6.07, 6.45) is -0.196. The summed E-state index contributed by atoms with van der Waals surface area (Å²) in [6.45, 7) is 3.49. The van der Waals surface area contributed by atoms with Crippen LogP contribution in [0.5, 0.6) is 0 Å². The maximum atomic E-state index is 9.21. The molecule has 0 aliphatic carbocycles. The Morgan fingerprint density at radius 2 is 2.37 bits per heavy atom. The maximum Gasteiger partial charge on any atom is 0.158 e. The number of nitrogen functional groups attached to an aromatic ring is 1. The molecule has 1 fully saturated rings. The van der Waals surface area contributed by atoms with E-state index in [-0.39, 0.29) is 18.8 Å². The fourth-order valence-electron chi connectivity index (χ4n) is 2.09. The number of hydrogen-bond donors (Lipinski definition) is 2. The van der Waals surface area contributed by atoms with Gasteiger partial charge in [-0.3, -0.25) is 0 Å². The monoisotopic (exact) mass is 268 g/mol. The van der Waals surface area contributed by atoms with Crippen molar-refractivity contribution in [2.75, 3.05) is 37.5 Å². The van der Waals surface area contributed by atoms with Crippen LogP contribution in [-0.4, -0.2) is 54.1 Å². The smallest absolute Gasteiger partial charge is 0.158 e. The highest BCUT2D eigenvalue weighted by Gasteiger charge is 2.27. The van der Waals surface area contributed by atoms with E-state index >= 15 is 0 Å². The molecule has 2 rings (SSSR count). The lowest BCUT2D eigenvalue weighted by atomic mass is 10.2. The normalized spacial score (nSPS) is 23.6. The zero-order valence-corrected chi connectivity index (χ0v) is 11.2. The van der Waals surface area contributed by atoms with Gasteiger partial charge < -0.3 is 25.2 Å². The lowest BCUT2D eigenvalue weighted by Crippen LogP contribution is -2.50. The number of anilines is 2. The highest BCUT2D eigenvalue weighted by molar-refractivity contribution is 5.48. The molecule has 7 nitrogen and oxygen atoms in total. The van der Waals surface area contributed by atoms with Gasteiger partial charge in [-0.2, -0.15) is 0 Å². The van der Waals surface area contributed by atoms with Crippen LogP contribution < -0.4 is 10.6 Å². The highest BCUT2D eigenvalue weighted by atomic mass is 16.5. The Kier molecular flexibility index (Phi) is 4.52. The summed E-state index contributed by atoms with van der Waals surface area (Å²) in [7, 11) is 1.59. The van der Waals surface area contributed by atoms with Crippen LogP contribution in [0.1, 0.15) is 12.7 Å². The van der Waals surface area contributed by atoms with Gasteiger partial charge in [0, 0.05) is 19.7 Å². The van der Waals surface area contributed by atoms with Gasteiger partial charge in [-0.05, 0) is 6.92 Å². The van der Waals surface area contributed by atoms with Crippen LogP contribution in [0.15, 0.2) is 6.07 Å². The number of ether oxygens (including phenoxy) is 2. The Morgan fingerprint density at radius 3 is 3.05 bits per heavy atom. The zero-order chi connectivity index (χ0) is 13.8. The van der Waals surface area contributed by atoms with E-state index in [4.69, 9.17) is 15.2 Å². The molecule has 2 atom stereocenters. The van der Waals surface area contributed by atoms with Gasteiger partial charge in [-0.1, -0.05) is 0 Å². The predicted octanol–water partition coefficient (Wildman–Crippen LogP) is -0.209. The Morgan fingerprint density at radius 1 is 1.58 bits per heavy atom. The van der Waals surface area contributed by atoms with Gasteiger partial charge in [0.1, 0.15) is 18.2 Å². The van der Waals surface area contributed by atoms with E-state index in [0.717, 1.165) is 5.82 Å². The molecule has 0 saturated carbocycles. The average Bonchev–Trinajstić information content (AvgIpc) is 2.39. The first-order chi connectivity index (χ1) is 9.13. The molecule has 1 aromatic rings. The van der Waals surface area contributed by atoms with Gasteiger partial charge in [0.2, 0.25) is 0 Å². The first kappa shape index (κ1) is 14.0. The average molecular weight is 268 g/mol. The van der Waals surface area contributed by atoms with Crippen molar-refractivity contribution >= 4 is 11.6 Å². The van der Waals surface area contributed by atoms with Gasteiger partial charge in [-0.25, -0.2) is 9.97 Å². The summed E-state index contributed by atoms with van der Waals surface area (Å²) in [6, 6.07) is 1.91. The minimum atomic E-state index is -0.196. The molecule has 2 unspecified atom stereocenters. The minimum Gasteiger partial charge on any atom is -0.394 e. The third-order valence-corrected chi connectivity index (χ3v) is 3.06. The topological polar surface area (TPSA) is 93.7 Å². The van der Waals surface area contributed by atoms with Crippen molar-refractivity contribution in [1.29, 1.82) is 0 Å². The fraction of sp³-hybridized carbons (Fsp3) is 0.667. The predicted molar refractivity (Wildman–Crippen MR) is 70.8 cm³/mol. The molecule has 0 spiro atoms. The van der Waals surface area contributed by atoms with Crippen molar-refractivity contribution in [3.05, 3.63) is 11.9 Å². The minimum absolute atomic E-state index is 0.00524. The number of morpholine rings is 1.